The van der Waals surface area contributed by atoms with Crippen molar-refractivity contribution in [2.75, 3.05) is 18.2 Å². The van der Waals surface area contributed by atoms with Crippen LogP contribution in [0.25, 0.3) is 22.6 Å². The summed E-state index contributed by atoms with van der Waals surface area (Å²) in [6.07, 6.45) is 0. The summed E-state index contributed by atoms with van der Waals surface area (Å²) in [6, 6.07) is 12.2. The van der Waals surface area contributed by atoms with E-state index in [1.165, 1.54) is 0 Å². The molecule has 3 heterocycles. The van der Waals surface area contributed by atoms with E-state index in [9.17, 15) is 5.26 Å². The molecule has 0 radical (unpaired) electrons. The molecule has 170 valence electrons. The third kappa shape index (κ3) is 3.98. The fraction of sp³-hybridized carbons (Fsp3) is 0.440. The number of aromatic nitrogens is 1. The fourth-order valence-electron chi connectivity index (χ4n) is 4.33. The van der Waals surface area contributed by atoms with Crippen LogP contribution in [0.1, 0.15) is 44.4 Å². The van der Waals surface area contributed by atoms with E-state index in [1.807, 2.05) is 49.0 Å². The molecule has 0 N–H and O–H groups in total. The highest BCUT2D eigenvalue weighted by atomic mass is 32.2. The molecule has 2 fully saturated rings. The highest BCUT2D eigenvalue weighted by Gasteiger charge is 2.52. The average Bonchev–Trinajstić information content (AvgIpc) is 3.46. The smallest absolute Gasteiger partial charge is 0.435 e. The standard InChI is InChI=1S/C25H28BN3O3S/c1-16-19(7-6-8-20(16)26-31-24(2,3)25(4,5)32-26)23-28-21-12-17(14-29-9-10-33-15-29)11-18(13-27)22(21)30-23/h6-8,11-12H,9-10,14-15H2,1-5H3. The maximum atomic E-state index is 9.75. The lowest BCUT2D eigenvalue weighted by atomic mass is 9.75. The van der Waals surface area contributed by atoms with Gasteiger partial charge in [0.1, 0.15) is 11.6 Å². The van der Waals surface area contributed by atoms with E-state index >= 15 is 0 Å². The molecule has 0 atom stereocenters. The average molecular weight is 461 g/mol. The molecule has 2 aliphatic rings. The van der Waals surface area contributed by atoms with Gasteiger partial charge in [0.2, 0.25) is 5.89 Å². The minimum atomic E-state index is -0.459. The summed E-state index contributed by atoms with van der Waals surface area (Å²) in [7, 11) is -0.459. The van der Waals surface area contributed by atoms with Crippen LogP contribution in [0.15, 0.2) is 34.7 Å². The van der Waals surface area contributed by atoms with Gasteiger partial charge in [0.15, 0.2) is 5.58 Å². The maximum absolute atomic E-state index is 9.75. The van der Waals surface area contributed by atoms with Crippen molar-refractivity contribution in [2.24, 2.45) is 0 Å². The van der Waals surface area contributed by atoms with Gasteiger partial charge in [-0.05, 0) is 69.4 Å². The highest BCUT2D eigenvalue weighted by Crippen LogP contribution is 2.37. The first-order valence-electron chi connectivity index (χ1n) is 11.3. The molecule has 2 saturated heterocycles. The minimum Gasteiger partial charge on any atom is -0.435 e. The largest absolute Gasteiger partial charge is 0.495 e. The van der Waals surface area contributed by atoms with Crippen molar-refractivity contribution in [1.82, 2.24) is 9.88 Å². The predicted octanol–water partition coefficient (Wildman–Crippen LogP) is 4.48. The predicted molar refractivity (Wildman–Crippen MR) is 132 cm³/mol. The Morgan fingerprint density at radius 1 is 1.18 bits per heavy atom. The van der Waals surface area contributed by atoms with E-state index in [4.69, 9.17) is 18.7 Å². The lowest BCUT2D eigenvalue weighted by Crippen LogP contribution is -2.41. The molecule has 3 aromatic rings. The molecule has 1 aromatic heterocycles. The first-order chi connectivity index (χ1) is 15.7. The monoisotopic (exact) mass is 461 g/mol. The molecule has 2 aromatic carbocycles. The normalized spacial score (nSPS) is 19.9. The summed E-state index contributed by atoms with van der Waals surface area (Å²) in [5.41, 5.74) is 4.86. The fourth-order valence-corrected chi connectivity index (χ4v) is 5.32. The number of oxazole rings is 1. The van der Waals surface area contributed by atoms with Gasteiger partial charge < -0.3 is 13.7 Å². The Balaban J connectivity index is 1.52. The summed E-state index contributed by atoms with van der Waals surface area (Å²) >= 11 is 1.94. The molecule has 2 aliphatic heterocycles. The van der Waals surface area contributed by atoms with Gasteiger partial charge in [0.05, 0.1) is 16.8 Å². The Bertz CT molecular complexity index is 1240. The van der Waals surface area contributed by atoms with Crippen LogP contribution in [-0.4, -0.2) is 46.4 Å². The van der Waals surface area contributed by atoms with Gasteiger partial charge in [-0.1, -0.05) is 12.1 Å². The zero-order valence-corrected chi connectivity index (χ0v) is 20.6. The van der Waals surface area contributed by atoms with Crippen LogP contribution in [-0.2, 0) is 15.9 Å². The summed E-state index contributed by atoms with van der Waals surface area (Å²) in [5, 5.41) is 9.75. The first kappa shape index (κ1) is 22.5. The van der Waals surface area contributed by atoms with Gasteiger partial charge in [-0.3, -0.25) is 4.90 Å². The van der Waals surface area contributed by atoms with E-state index in [2.05, 4.69) is 38.7 Å². The SMILES string of the molecule is Cc1c(B2OC(C)(C)C(C)(C)O2)cccc1-c1nc2cc(CN3CCSC3)cc(C#N)c2o1. The van der Waals surface area contributed by atoms with Crippen molar-refractivity contribution >= 4 is 35.4 Å². The van der Waals surface area contributed by atoms with Gasteiger partial charge >= 0.3 is 7.12 Å². The second kappa shape index (κ2) is 8.17. The molecule has 8 heteroatoms. The van der Waals surface area contributed by atoms with Crippen LogP contribution in [0.2, 0.25) is 0 Å². The molecule has 0 spiro atoms. The second-order valence-electron chi connectivity index (χ2n) is 9.82. The van der Waals surface area contributed by atoms with E-state index in [-0.39, 0.29) is 0 Å². The third-order valence-corrected chi connectivity index (χ3v) is 8.03. The topological polar surface area (TPSA) is 71.5 Å². The van der Waals surface area contributed by atoms with Gasteiger partial charge in [-0.2, -0.15) is 5.26 Å². The molecule has 33 heavy (non-hydrogen) atoms. The summed E-state index contributed by atoms with van der Waals surface area (Å²) in [5.74, 6) is 2.68. The van der Waals surface area contributed by atoms with Crippen molar-refractivity contribution in [3.8, 4) is 17.5 Å². The summed E-state index contributed by atoms with van der Waals surface area (Å²) < 4.78 is 18.7. The van der Waals surface area contributed by atoms with Crippen LogP contribution in [0, 0.1) is 18.3 Å². The van der Waals surface area contributed by atoms with Crippen molar-refractivity contribution in [2.45, 2.75) is 52.4 Å². The number of hydrogen-bond donors (Lipinski definition) is 0. The Morgan fingerprint density at radius 2 is 1.94 bits per heavy atom. The third-order valence-electron chi connectivity index (χ3n) is 7.02. The van der Waals surface area contributed by atoms with Crippen LogP contribution in [0.4, 0.5) is 0 Å². The van der Waals surface area contributed by atoms with Gasteiger partial charge in [-0.25, -0.2) is 4.98 Å². The molecule has 5 rings (SSSR count). The number of hydrogen-bond acceptors (Lipinski definition) is 7. The summed E-state index contributed by atoms with van der Waals surface area (Å²) in [6.45, 7) is 12.1. The van der Waals surface area contributed by atoms with Crippen LogP contribution < -0.4 is 5.46 Å². The lowest BCUT2D eigenvalue weighted by molar-refractivity contribution is 0.00578. The minimum absolute atomic E-state index is 0.413. The number of thioether (sulfide) groups is 1. The summed E-state index contributed by atoms with van der Waals surface area (Å²) in [4.78, 5) is 7.17. The maximum Gasteiger partial charge on any atom is 0.495 e. The van der Waals surface area contributed by atoms with Crippen LogP contribution >= 0.6 is 11.8 Å². The zero-order chi connectivity index (χ0) is 23.4. The number of nitrogens with zero attached hydrogens (tertiary/aromatic N) is 3. The molecule has 0 unspecified atom stereocenters. The Kier molecular flexibility index (Phi) is 5.57. The molecule has 0 saturated carbocycles. The molecule has 0 aliphatic carbocycles. The number of nitriles is 1. The number of fused-ring (bicyclic) bond motifs is 1. The van der Waals surface area contributed by atoms with Crippen molar-refractivity contribution in [1.29, 1.82) is 5.26 Å². The zero-order valence-electron chi connectivity index (χ0n) is 19.8. The second-order valence-corrected chi connectivity index (χ2v) is 10.9. The first-order valence-corrected chi connectivity index (χ1v) is 12.4. The van der Waals surface area contributed by atoms with Crippen molar-refractivity contribution < 1.29 is 13.7 Å². The van der Waals surface area contributed by atoms with Crippen LogP contribution in [0.5, 0.6) is 0 Å². The molecule has 0 amide bonds. The van der Waals surface area contributed by atoms with Crippen molar-refractivity contribution in [3.05, 3.63) is 47.0 Å². The van der Waals surface area contributed by atoms with E-state index in [0.717, 1.165) is 46.9 Å². The Labute approximate surface area is 199 Å². The van der Waals surface area contributed by atoms with Gasteiger partial charge in [0.25, 0.3) is 0 Å². The molecule has 6 nitrogen and oxygen atoms in total. The quantitative estimate of drug-likeness (QED) is 0.531. The number of benzene rings is 2. The molecule has 0 bridgehead atoms. The number of rotatable bonds is 4. The lowest BCUT2D eigenvalue weighted by Gasteiger charge is -2.32. The van der Waals surface area contributed by atoms with E-state index < -0.39 is 18.3 Å². The van der Waals surface area contributed by atoms with Crippen LogP contribution in [0.3, 0.4) is 0 Å². The van der Waals surface area contributed by atoms with Crippen molar-refractivity contribution in [3.63, 3.8) is 0 Å². The highest BCUT2D eigenvalue weighted by molar-refractivity contribution is 7.99. The van der Waals surface area contributed by atoms with E-state index in [0.29, 0.717) is 22.6 Å². The van der Waals surface area contributed by atoms with Gasteiger partial charge in [-0.15, -0.1) is 11.8 Å². The van der Waals surface area contributed by atoms with E-state index in [1.54, 1.807) is 0 Å². The molecular weight excluding hydrogens is 433 g/mol. The van der Waals surface area contributed by atoms with Gasteiger partial charge in [0, 0.05) is 30.3 Å². The molecular formula is C25H28BN3O3S. The Morgan fingerprint density at radius 3 is 2.61 bits per heavy atom. The Hall–Kier alpha value is -2.31.